The predicted molar refractivity (Wildman–Crippen MR) is 139 cm³/mol. The maximum atomic E-state index is 12.4. The summed E-state index contributed by atoms with van der Waals surface area (Å²) >= 11 is 0. The summed E-state index contributed by atoms with van der Waals surface area (Å²) in [5.41, 5.74) is 12.8. The van der Waals surface area contributed by atoms with E-state index in [1.54, 1.807) is 6.33 Å². The molecule has 1 amide bonds. The molecule has 0 spiro atoms. The normalized spacial score (nSPS) is 15.2. The van der Waals surface area contributed by atoms with E-state index >= 15 is 0 Å². The molecule has 4 aromatic rings. The smallest absolute Gasteiger partial charge is 0.410 e. The number of likely N-dealkylation sites (tertiary alicyclic amines) is 1. The van der Waals surface area contributed by atoms with E-state index in [0.29, 0.717) is 25.6 Å². The van der Waals surface area contributed by atoms with Crippen molar-refractivity contribution in [1.29, 1.82) is 0 Å². The molecule has 1 aliphatic heterocycles. The Kier molecular flexibility index (Phi) is 5.97. The van der Waals surface area contributed by atoms with Crippen molar-refractivity contribution < 1.29 is 9.53 Å². The Labute approximate surface area is 205 Å². The van der Waals surface area contributed by atoms with Gasteiger partial charge in [0.15, 0.2) is 0 Å². The van der Waals surface area contributed by atoms with Gasteiger partial charge >= 0.3 is 6.09 Å². The molecular formula is C28H33N5O2. The molecular weight excluding hydrogens is 438 g/mol. The molecule has 1 saturated heterocycles. The van der Waals surface area contributed by atoms with Crippen molar-refractivity contribution in [3.05, 3.63) is 59.4 Å². The van der Waals surface area contributed by atoms with E-state index in [9.17, 15) is 4.79 Å². The summed E-state index contributed by atoms with van der Waals surface area (Å²) in [6, 6.07) is 12.9. The van der Waals surface area contributed by atoms with E-state index in [1.165, 1.54) is 5.56 Å². The van der Waals surface area contributed by atoms with E-state index in [1.807, 2.05) is 25.7 Å². The van der Waals surface area contributed by atoms with E-state index in [2.05, 4.69) is 58.3 Å². The molecule has 7 nitrogen and oxygen atoms in total. The molecule has 182 valence electrons. The van der Waals surface area contributed by atoms with Gasteiger partial charge in [0.05, 0.1) is 11.1 Å². The molecule has 35 heavy (non-hydrogen) atoms. The number of hydrogen-bond acceptors (Lipinski definition) is 5. The number of nitrogens with one attached hydrogen (secondary N) is 1. The third kappa shape index (κ3) is 4.60. The zero-order valence-electron chi connectivity index (χ0n) is 20.9. The van der Waals surface area contributed by atoms with Crippen LogP contribution in [0.2, 0.25) is 0 Å². The molecule has 2 aromatic carbocycles. The van der Waals surface area contributed by atoms with Crippen LogP contribution in [0.5, 0.6) is 0 Å². The molecule has 0 unspecified atom stereocenters. The van der Waals surface area contributed by atoms with Crippen molar-refractivity contribution in [1.82, 2.24) is 19.9 Å². The zero-order valence-corrected chi connectivity index (χ0v) is 20.9. The fraction of sp³-hybridized carbons (Fsp3) is 0.393. The number of carbonyl (C=O) groups is 1. The Balaban J connectivity index is 1.42. The lowest BCUT2D eigenvalue weighted by Gasteiger charge is -2.33. The van der Waals surface area contributed by atoms with Crippen LogP contribution in [0.25, 0.3) is 33.2 Å². The van der Waals surface area contributed by atoms with Gasteiger partial charge in [-0.15, -0.1) is 0 Å². The number of amides is 1. The van der Waals surface area contributed by atoms with Crippen molar-refractivity contribution in [2.45, 2.75) is 58.6 Å². The Morgan fingerprint density at radius 2 is 1.91 bits per heavy atom. The Morgan fingerprint density at radius 3 is 2.60 bits per heavy atom. The summed E-state index contributed by atoms with van der Waals surface area (Å²) in [4.78, 5) is 26.9. The molecule has 3 heterocycles. The second-order valence-electron chi connectivity index (χ2n) is 10.5. The highest BCUT2D eigenvalue weighted by molar-refractivity contribution is 6.12. The largest absolute Gasteiger partial charge is 0.444 e. The number of aromatic amines is 1. The molecule has 7 heteroatoms. The zero-order chi connectivity index (χ0) is 24.7. The third-order valence-corrected chi connectivity index (χ3v) is 6.87. The number of ether oxygens (including phenoxy) is 1. The SMILES string of the molecule is Cc1cc(-c2ncnc3[nH]c4cc(C5CCN(C(=O)OC(C)(C)C)CC5)ccc4c23)ccc1CN. The van der Waals surface area contributed by atoms with Crippen molar-refractivity contribution >= 4 is 28.0 Å². The van der Waals surface area contributed by atoms with E-state index < -0.39 is 5.60 Å². The number of carbonyl (C=O) groups excluding carboxylic acids is 1. The summed E-state index contributed by atoms with van der Waals surface area (Å²) in [6.07, 6.45) is 3.24. The average molecular weight is 472 g/mol. The number of benzene rings is 2. The minimum atomic E-state index is -0.471. The van der Waals surface area contributed by atoms with E-state index in [4.69, 9.17) is 10.5 Å². The molecule has 1 aliphatic rings. The maximum absolute atomic E-state index is 12.4. The fourth-order valence-corrected chi connectivity index (χ4v) is 5.01. The number of fused-ring (bicyclic) bond motifs is 3. The summed E-state index contributed by atoms with van der Waals surface area (Å²) in [5.74, 6) is 0.404. The quantitative estimate of drug-likeness (QED) is 0.402. The standard InChI is InChI=1S/C28H33N5O2/c1-17-13-20(5-6-21(17)15-29)25-24-22-8-7-19(14-23(22)32-26(24)31-16-30-25)18-9-11-33(12-10-18)27(34)35-28(2,3)4/h5-8,13-14,16,18H,9-12,15,29H2,1-4H3,(H,30,31,32). The number of aryl methyl sites for hydroxylation is 1. The minimum Gasteiger partial charge on any atom is -0.444 e. The number of nitrogens with zero attached hydrogens (tertiary/aromatic N) is 3. The van der Waals surface area contributed by atoms with Crippen LogP contribution in [0.15, 0.2) is 42.7 Å². The highest BCUT2D eigenvalue weighted by Gasteiger charge is 2.28. The molecule has 2 aromatic heterocycles. The van der Waals surface area contributed by atoms with Crippen LogP contribution in [-0.2, 0) is 11.3 Å². The van der Waals surface area contributed by atoms with Crippen LogP contribution in [0.4, 0.5) is 4.79 Å². The number of nitrogens with two attached hydrogens (primary N) is 1. The maximum Gasteiger partial charge on any atom is 0.410 e. The van der Waals surface area contributed by atoms with Gasteiger partial charge in [-0.2, -0.15) is 0 Å². The highest BCUT2D eigenvalue weighted by Crippen LogP contribution is 2.36. The van der Waals surface area contributed by atoms with E-state index in [-0.39, 0.29) is 6.09 Å². The molecule has 0 aliphatic carbocycles. The van der Waals surface area contributed by atoms with Crippen molar-refractivity contribution in [2.75, 3.05) is 13.1 Å². The number of piperidine rings is 1. The first-order valence-corrected chi connectivity index (χ1v) is 12.3. The van der Waals surface area contributed by atoms with Gasteiger partial charge in [0.2, 0.25) is 0 Å². The molecule has 0 atom stereocenters. The minimum absolute atomic E-state index is 0.220. The topological polar surface area (TPSA) is 97.1 Å². The van der Waals surface area contributed by atoms with Gasteiger partial charge in [0.1, 0.15) is 17.6 Å². The van der Waals surface area contributed by atoms with Crippen molar-refractivity contribution in [3.63, 3.8) is 0 Å². The fourth-order valence-electron chi connectivity index (χ4n) is 5.01. The lowest BCUT2D eigenvalue weighted by molar-refractivity contribution is 0.0205. The first-order chi connectivity index (χ1) is 16.7. The van der Waals surface area contributed by atoms with Gasteiger partial charge in [0.25, 0.3) is 0 Å². The molecule has 3 N–H and O–H groups in total. The van der Waals surface area contributed by atoms with Gasteiger partial charge in [-0.05, 0) is 75.3 Å². The summed E-state index contributed by atoms with van der Waals surface area (Å²) in [6.45, 7) is 9.73. The van der Waals surface area contributed by atoms with Gasteiger partial charge in [-0.1, -0.05) is 24.3 Å². The first kappa shape index (κ1) is 23.3. The van der Waals surface area contributed by atoms with Gasteiger partial charge < -0.3 is 20.4 Å². The summed E-state index contributed by atoms with van der Waals surface area (Å²) in [5, 5.41) is 2.15. The second kappa shape index (κ2) is 8.96. The number of H-pyrrole nitrogens is 1. The monoisotopic (exact) mass is 471 g/mol. The molecule has 0 radical (unpaired) electrons. The van der Waals surface area contributed by atoms with Crippen molar-refractivity contribution in [2.24, 2.45) is 5.73 Å². The lowest BCUT2D eigenvalue weighted by Crippen LogP contribution is -2.41. The number of hydrogen-bond donors (Lipinski definition) is 2. The molecule has 0 saturated carbocycles. The van der Waals surface area contributed by atoms with Crippen molar-refractivity contribution in [3.8, 4) is 11.3 Å². The second-order valence-corrected chi connectivity index (χ2v) is 10.5. The first-order valence-electron chi connectivity index (χ1n) is 12.3. The van der Waals surface area contributed by atoms with Crippen LogP contribution < -0.4 is 5.73 Å². The van der Waals surface area contributed by atoms with Crippen LogP contribution in [0, 0.1) is 6.92 Å². The third-order valence-electron chi connectivity index (χ3n) is 6.87. The predicted octanol–water partition coefficient (Wildman–Crippen LogP) is 5.66. The van der Waals surface area contributed by atoms with Crippen LogP contribution in [0.3, 0.4) is 0 Å². The summed E-state index contributed by atoms with van der Waals surface area (Å²) in [7, 11) is 0. The van der Waals surface area contributed by atoms with Gasteiger partial charge in [0, 0.05) is 36.1 Å². The molecule has 1 fully saturated rings. The molecule has 0 bridgehead atoms. The van der Waals surface area contributed by atoms with Gasteiger partial charge in [-0.3, -0.25) is 0 Å². The van der Waals surface area contributed by atoms with Gasteiger partial charge in [-0.25, -0.2) is 14.8 Å². The number of aromatic nitrogens is 3. The van der Waals surface area contributed by atoms with Crippen LogP contribution in [-0.4, -0.2) is 44.6 Å². The Morgan fingerprint density at radius 1 is 1.14 bits per heavy atom. The Bertz CT molecular complexity index is 1390. The van der Waals surface area contributed by atoms with E-state index in [0.717, 1.165) is 57.2 Å². The summed E-state index contributed by atoms with van der Waals surface area (Å²) < 4.78 is 5.54. The Hall–Kier alpha value is -3.45. The van der Waals surface area contributed by atoms with Crippen LogP contribution >= 0.6 is 0 Å². The average Bonchev–Trinajstić information content (AvgIpc) is 3.21. The van der Waals surface area contributed by atoms with Crippen LogP contribution in [0.1, 0.15) is 56.2 Å². The molecule has 5 rings (SSSR count). The lowest BCUT2D eigenvalue weighted by atomic mass is 9.89. The number of rotatable bonds is 3. The highest BCUT2D eigenvalue weighted by atomic mass is 16.6.